The highest BCUT2D eigenvalue weighted by Crippen LogP contribution is 2.51. The Kier molecular flexibility index (Phi) is 6.94. The fourth-order valence-corrected chi connectivity index (χ4v) is 13.9. The van der Waals surface area contributed by atoms with Crippen LogP contribution in [0.4, 0.5) is 0 Å². The van der Waals surface area contributed by atoms with E-state index in [1.54, 1.807) is 0 Å². The predicted octanol–water partition coefficient (Wildman–Crippen LogP) is 14.4. The van der Waals surface area contributed by atoms with Crippen LogP contribution < -0.4 is 10.4 Å². The zero-order chi connectivity index (χ0) is 38.9. The zero-order valence-corrected chi connectivity index (χ0v) is 34.3. The van der Waals surface area contributed by atoms with Gasteiger partial charge in [0.25, 0.3) is 0 Å². The second-order valence-corrected chi connectivity index (χ2v) is 22.0. The van der Waals surface area contributed by atoms with Crippen molar-refractivity contribution in [2.24, 2.45) is 0 Å². The van der Waals surface area contributed by atoms with E-state index in [2.05, 4.69) is 209 Å². The molecular formula is C57H42Si. The molecule has 1 heteroatoms. The smallest absolute Gasteiger partial charge is 0.0623 e. The van der Waals surface area contributed by atoms with Crippen molar-refractivity contribution in [3.05, 3.63) is 193 Å². The standard InChI is InChI=1S/C57H42Si/c1-57(2)51-19-11-9-17-43(51)44-27-25-40(32-52(44)57)39-26-28-46-48(31-39)56(42-24-22-36-14-6-8-16-38(36)30-42)50-34-54-47(45-18-10-12-20-53(45)58(54,3)4)33-49(50)55(46)41-23-21-35-13-5-7-15-37(35)29-41/h5-34H,1-4H3. The van der Waals surface area contributed by atoms with Crippen LogP contribution in [0.5, 0.6) is 0 Å². The van der Waals surface area contributed by atoms with Gasteiger partial charge in [-0.25, -0.2) is 0 Å². The Morgan fingerprint density at radius 2 is 0.845 bits per heavy atom. The minimum atomic E-state index is -1.98. The quantitative estimate of drug-likeness (QED) is 0.124. The Morgan fingerprint density at radius 1 is 0.328 bits per heavy atom. The summed E-state index contributed by atoms with van der Waals surface area (Å²) in [6.45, 7) is 9.83. The van der Waals surface area contributed by atoms with Gasteiger partial charge in [0.2, 0.25) is 0 Å². The fourth-order valence-electron chi connectivity index (χ4n) is 10.8. The fraction of sp³-hybridized carbons (Fsp3) is 0.0877. The molecule has 58 heavy (non-hydrogen) atoms. The van der Waals surface area contributed by atoms with Gasteiger partial charge in [-0.2, -0.15) is 0 Å². The molecule has 10 aromatic carbocycles. The first kappa shape index (κ1) is 33.6. The maximum absolute atomic E-state index is 2.62. The first-order valence-corrected chi connectivity index (χ1v) is 23.7. The summed E-state index contributed by atoms with van der Waals surface area (Å²) in [5, 5.41) is 13.3. The van der Waals surface area contributed by atoms with Gasteiger partial charge in [-0.15, -0.1) is 0 Å². The highest BCUT2D eigenvalue weighted by atomic mass is 28.3. The van der Waals surface area contributed by atoms with Gasteiger partial charge in [-0.05, 0) is 151 Å². The molecular weight excluding hydrogens is 713 g/mol. The van der Waals surface area contributed by atoms with Crippen LogP contribution in [-0.4, -0.2) is 8.07 Å². The molecule has 12 rings (SSSR count). The maximum atomic E-state index is 2.62. The summed E-state index contributed by atoms with van der Waals surface area (Å²) in [7, 11) is -1.98. The maximum Gasteiger partial charge on any atom is 0.113 e. The Morgan fingerprint density at radius 3 is 1.57 bits per heavy atom. The number of fused-ring (bicyclic) bond motifs is 10. The normalized spacial score (nSPS) is 14.5. The summed E-state index contributed by atoms with van der Waals surface area (Å²) in [6.07, 6.45) is 0. The van der Waals surface area contributed by atoms with Crippen LogP contribution in [0, 0.1) is 0 Å². The monoisotopic (exact) mass is 754 g/mol. The lowest BCUT2D eigenvalue weighted by molar-refractivity contribution is 0.660. The van der Waals surface area contributed by atoms with E-state index in [-0.39, 0.29) is 5.41 Å². The average molecular weight is 755 g/mol. The first-order chi connectivity index (χ1) is 28.3. The summed E-state index contributed by atoms with van der Waals surface area (Å²) < 4.78 is 0. The van der Waals surface area contributed by atoms with E-state index in [9.17, 15) is 0 Å². The Hall–Kier alpha value is -6.54. The third-order valence-corrected chi connectivity index (χ3v) is 17.4. The van der Waals surface area contributed by atoms with Crippen LogP contribution in [0.1, 0.15) is 25.0 Å². The van der Waals surface area contributed by atoms with Crippen molar-refractivity contribution in [2.45, 2.75) is 32.4 Å². The number of benzene rings is 10. The number of rotatable bonds is 3. The van der Waals surface area contributed by atoms with Gasteiger partial charge < -0.3 is 0 Å². The van der Waals surface area contributed by atoms with Gasteiger partial charge in [0.05, 0.1) is 0 Å². The van der Waals surface area contributed by atoms with E-state index in [1.165, 1.54) is 120 Å². The zero-order valence-electron chi connectivity index (χ0n) is 33.3. The van der Waals surface area contributed by atoms with Crippen LogP contribution in [-0.2, 0) is 5.41 Å². The van der Waals surface area contributed by atoms with Crippen molar-refractivity contribution in [3.8, 4) is 55.6 Å². The molecule has 0 nitrogen and oxygen atoms in total. The third-order valence-electron chi connectivity index (χ3n) is 13.8. The Balaban J connectivity index is 1.21. The summed E-state index contributed by atoms with van der Waals surface area (Å²) in [4.78, 5) is 0. The molecule has 0 saturated heterocycles. The van der Waals surface area contributed by atoms with E-state index < -0.39 is 8.07 Å². The molecule has 10 aromatic rings. The van der Waals surface area contributed by atoms with E-state index >= 15 is 0 Å². The largest absolute Gasteiger partial charge is 0.113 e. The minimum Gasteiger partial charge on any atom is -0.0623 e. The number of hydrogen-bond acceptors (Lipinski definition) is 0. The van der Waals surface area contributed by atoms with Gasteiger partial charge in [0, 0.05) is 5.41 Å². The van der Waals surface area contributed by atoms with Crippen molar-refractivity contribution in [3.63, 3.8) is 0 Å². The molecule has 0 aromatic heterocycles. The lowest BCUT2D eigenvalue weighted by Gasteiger charge is -2.23. The Bertz CT molecular complexity index is 3400. The molecule has 1 aliphatic heterocycles. The van der Waals surface area contributed by atoms with Crippen molar-refractivity contribution >= 4 is 61.5 Å². The predicted molar refractivity (Wildman–Crippen MR) is 253 cm³/mol. The summed E-state index contributed by atoms with van der Waals surface area (Å²) in [5.74, 6) is 0. The van der Waals surface area contributed by atoms with Crippen LogP contribution in [0.2, 0.25) is 13.1 Å². The Labute approximate surface area is 341 Å². The highest BCUT2D eigenvalue weighted by Gasteiger charge is 2.38. The third kappa shape index (κ3) is 4.68. The summed E-state index contributed by atoms with van der Waals surface area (Å²) in [5.41, 5.74) is 15.9. The lowest BCUT2D eigenvalue weighted by atomic mass is 9.81. The van der Waals surface area contributed by atoms with Gasteiger partial charge >= 0.3 is 0 Å². The minimum absolute atomic E-state index is 0.0663. The van der Waals surface area contributed by atoms with Crippen LogP contribution >= 0.6 is 0 Å². The van der Waals surface area contributed by atoms with Crippen molar-refractivity contribution in [1.29, 1.82) is 0 Å². The van der Waals surface area contributed by atoms with Crippen LogP contribution in [0.3, 0.4) is 0 Å². The molecule has 0 N–H and O–H groups in total. The summed E-state index contributed by atoms with van der Waals surface area (Å²) in [6, 6.07) is 69.5. The van der Waals surface area contributed by atoms with E-state index in [4.69, 9.17) is 0 Å². The highest BCUT2D eigenvalue weighted by molar-refractivity contribution is 7.04. The molecule has 0 bridgehead atoms. The molecule has 1 heterocycles. The second-order valence-electron chi connectivity index (χ2n) is 17.7. The molecule has 0 amide bonds. The van der Waals surface area contributed by atoms with Gasteiger partial charge in [-0.3, -0.25) is 0 Å². The molecule has 0 unspecified atom stereocenters. The lowest BCUT2D eigenvalue weighted by Crippen LogP contribution is -2.49. The van der Waals surface area contributed by atoms with Gasteiger partial charge in [-0.1, -0.05) is 179 Å². The van der Waals surface area contributed by atoms with Gasteiger partial charge in [0.1, 0.15) is 8.07 Å². The molecule has 0 atom stereocenters. The van der Waals surface area contributed by atoms with Crippen LogP contribution in [0.15, 0.2) is 182 Å². The summed E-state index contributed by atoms with van der Waals surface area (Å²) >= 11 is 0. The number of hydrogen-bond donors (Lipinski definition) is 0. The SMILES string of the molecule is CC1(C)c2ccccc2-c2ccc(-c3ccc4c(-c5ccc6ccccc6c5)c5cc6c(cc5c(-c5ccc7ccccc7c5)c4c3)[Si](C)(C)c3ccccc3-6)cc21. The van der Waals surface area contributed by atoms with Gasteiger partial charge in [0.15, 0.2) is 0 Å². The molecule has 0 fully saturated rings. The van der Waals surface area contributed by atoms with Crippen molar-refractivity contribution in [2.75, 3.05) is 0 Å². The molecule has 2 aliphatic rings. The second kappa shape index (κ2) is 12.0. The van der Waals surface area contributed by atoms with E-state index in [0.29, 0.717) is 0 Å². The van der Waals surface area contributed by atoms with Crippen LogP contribution in [0.25, 0.3) is 98.7 Å². The topological polar surface area (TPSA) is 0 Å². The van der Waals surface area contributed by atoms with Crippen molar-refractivity contribution in [1.82, 2.24) is 0 Å². The molecule has 1 aliphatic carbocycles. The molecule has 0 radical (unpaired) electrons. The first-order valence-electron chi connectivity index (χ1n) is 20.7. The average Bonchev–Trinajstić information content (AvgIpc) is 3.63. The van der Waals surface area contributed by atoms with E-state index in [1.807, 2.05) is 0 Å². The molecule has 0 spiro atoms. The molecule has 274 valence electrons. The van der Waals surface area contributed by atoms with E-state index in [0.717, 1.165) is 0 Å². The molecule has 0 saturated carbocycles. The van der Waals surface area contributed by atoms with Crippen molar-refractivity contribution < 1.29 is 0 Å².